The van der Waals surface area contributed by atoms with Crippen LogP contribution in [0.25, 0.3) is 0 Å². The normalized spacial score (nSPS) is 8.71. The molecule has 2 N–H and O–H groups in total. The Balaban J connectivity index is 3.10. The van der Waals surface area contributed by atoms with Crippen molar-refractivity contribution in [3.63, 3.8) is 0 Å². The first-order valence-corrected chi connectivity index (χ1v) is 4.58. The van der Waals surface area contributed by atoms with Gasteiger partial charge in [-0.05, 0) is 18.2 Å². The van der Waals surface area contributed by atoms with Crippen molar-refractivity contribution in [2.24, 2.45) is 5.73 Å². The molecule has 0 aromatic heterocycles. The maximum atomic E-state index is 10.4. The number of carbonyl (C=O) groups is 1. The van der Waals surface area contributed by atoms with Gasteiger partial charge in [0, 0.05) is 10.4 Å². The summed E-state index contributed by atoms with van der Waals surface area (Å²) in [5.74, 6) is 4.82. The zero-order valence-corrected chi connectivity index (χ0v) is 9.09. The van der Waals surface area contributed by atoms with E-state index in [9.17, 15) is 4.79 Å². The molecule has 0 fully saturated rings. The molecule has 0 spiro atoms. The lowest BCUT2D eigenvalue weighted by molar-refractivity contribution is -0.112. The Labute approximate surface area is 90.4 Å². The molecule has 0 unspecified atom stereocenters. The zero-order chi connectivity index (χ0) is 10.6. The minimum Gasteiger partial charge on any atom is -0.495 e. The van der Waals surface area contributed by atoms with Crippen molar-refractivity contribution in [2.45, 2.75) is 0 Å². The van der Waals surface area contributed by atoms with E-state index in [2.05, 4.69) is 27.8 Å². The molecule has 0 aliphatic heterocycles. The molecule has 72 valence electrons. The van der Waals surface area contributed by atoms with Crippen LogP contribution in [-0.2, 0) is 4.79 Å². The van der Waals surface area contributed by atoms with Gasteiger partial charge >= 0.3 is 0 Å². The lowest BCUT2D eigenvalue weighted by atomic mass is 10.2. The van der Waals surface area contributed by atoms with E-state index in [0.717, 1.165) is 4.47 Å². The van der Waals surface area contributed by atoms with Crippen LogP contribution in [0, 0.1) is 11.8 Å². The Morgan fingerprint density at radius 2 is 2.29 bits per heavy atom. The molecule has 0 aliphatic rings. The molecule has 1 rings (SSSR count). The number of halogens is 1. The summed E-state index contributed by atoms with van der Waals surface area (Å²) in [7, 11) is 1.54. The van der Waals surface area contributed by atoms with E-state index >= 15 is 0 Å². The van der Waals surface area contributed by atoms with E-state index in [4.69, 9.17) is 10.5 Å². The maximum absolute atomic E-state index is 10.4. The van der Waals surface area contributed by atoms with Crippen molar-refractivity contribution in [3.05, 3.63) is 28.2 Å². The van der Waals surface area contributed by atoms with Crippen LogP contribution in [0.4, 0.5) is 0 Å². The molecule has 0 aliphatic carbocycles. The Kier molecular flexibility index (Phi) is 3.55. The van der Waals surface area contributed by atoms with Crippen LogP contribution in [0.5, 0.6) is 5.75 Å². The van der Waals surface area contributed by atoms with Crippen LogP contribution in [-0.4, -0.2) is 13.0 Å². The number of benzene rings is 1. The van der Waals surface area contributed by atoms with Gasteiger partial charge in [-0.2, -0.15) is 0 Å². The fourth-order valence-corrected chi connectivity index (χ4v) is 1.24. The first-order chi connectivity index (χ1) is 6.63. The van der Waals surface area contributed by atoms with Crippen LogP contribution in [0.15, 0.2) is 22.7 Å². The highest BCUT2D eigenvalue weighted by molar-refractivity contribution is 9.10. The summed E-state index contributed by atoms with van der Waals surface area (Å²) >= 11 is 3.30. The van der Waals surface area contributed by atoms with Gasteiger partial charge in [-0.15, -0.1) is 0 Å². The van der Waals surface area contributed by atoms with Crippen molar-refractivity contribution in [2.75, 3.05) is 7.11 Å². The zero-order valence-electron chi connectivity index (χ0n) is 7.50. The van der Waals surface area contributed by atoms with E-state index in [-0.39, 0.29) is 0 Å². The lowest BCUT2D eigenvalue weighted by Gasteiger charge is -2.02. The predicted molar refractivity (Wildman–Crippen MR) is 56.8 cm³/mol. The van der Waals surface area contributed by atoms with Crippen LogP contribution < -0.4 is 10.5 Å². The first-order valence-electron chi connectivity index (χ1n) is 3.78. The highest BCUT2D eigenvalue weighted by Gasteiger charge is 2.00. The summed E-state index contributed by atoms with van der Waals surface area (Å²) in [5, 5.41) is 0. The number of methoxy groups -OCH3 is 1. The smallest absolute Gasteiger partial charge is 0.293 e. The molecular formula is C10H8BrNO2. The number of hydrogen-bond donors (Lipinski definition) is 1. The molecule has 0 heterocycles. The standard InChI is InChI=1S/C10H8BrNO2/c1-14-9-6-8(11)4-2-7(9)3-5-10(12)13/h2,4,6H,1H3,(H2,12,13). The van der Waals surface area contributed by atoms with E-state index in [1.54, 1.807) is 12.1 Å². The van der Waals surface area contributed by atoms with Crippen molar-refractivity contribution in [1.82, 2.24) is 0 Å². The topological polar surface area (TPSA) is 52.3 Å². The van der Waals surface area contributed by atoms with Gasteiger partial charge < -0.3 is 10.5 Å². The van der Waals surface area contributed by atoms with Crippen molar-refractivity contribution < 1.29 is 9.53 Å². The average molecular weight is 254 g/mol. The third kappa shape index (κ3) is 2.79. The van der Waals surface area contributed by atoms with Crippen molar-refractivity contribution >= 4 is 21.8 Å². The second-order valence-corrected chi connectivity index (χ2v) is 3.37. The number of primary amides is 1. The Morgan fingerprint density at radius 3 is 2.86 bits per heavy atom. The highest BCUT2D eigenvalue weighted by Crippen LogP contribution is 2.22. The third-order valence-corrected chi connectivity index (χ3v) is 1.98. The molecule has 0 bridgehead atoms. The molecule has 14 heavy (non-hydrogen) atoms. The van der Waals surface area contributed by atoms with Gasteiger partial charge in [-0.25, -0.2) is 0 Å². The summed E-state index contributed by atoms with van der Waals surface area (Å²) < 4.78 is 5.96. The summed E-state index contributed by atoms with van der Waals surface area (Å²) in [6, 6.07) is 5.33. The molecule has 0 saturated heterocycles. The number of hydrogen-bond acceptors (Lipinski definition) is 2. The molecule has 0 radical (unpaired) electrons. The van der Waals surface area contributed by atoms with E-state index in [0.29, 0.717) is 11.3 Å². The van der Waals surface area contributed by atoms with E-state index in [1.807, 2.05) is 6.07 Å². The van der Waals surface area contributed by atoms with E-state index < -0.39 is 5.91 Å². The molecule has 3 nitrogen and oxygen atoms in total. The van der Waals surface area contributed by atoms with Crippen LogP contribution in [0.1, 0.15) is 5.56 Å². The molecule has 1 amide bonds. The molecule has 4 heteroatoms. The molecule has 0 saturated carbocycles. The summed E-state index contributed by atoms with van der Waals surface area (Å²) in [5.41, 5.74) is 5.53. The predicted octanol–water partition coefficient (Wildman–Crippen LogP) is 1.29. The SMILES string of the molecule is COc1cc(Br)ccc1C#CC(N)=O. The Morgan fingerprint density at radius 1 is 1.57 bits per heavy atom. The molecular weight excluding hydrogens is 246 g/mol. The van der Waals surface area contributed by atoms with Crippen molar-refractivity contribution in [1.29, 1.82) is 0 Å². The highest BCUT2D eigenvalue weighted by atomic mass is 79.9. The molecule has 0 atom stereocenters. The minimum atomic E-state index is -0.657. The number of ether oxygens (including phenoxy) is 1. The minimum absolute atomic E-state index is 0.605. The average Bonchev–Trinajstić information content (AvgIpc) is 2.15. The molecule has 1 aromatic carbocycles. The lowest BCUT2D eigenvalue weighted by Crippen LogP contribution is -2.06. The quantitative estimate of drug-likeness (QED) is 0.768. The monoisotopic (exact) mass is 253 g/mol. The van der Waals surface area contributed by atoms with Crippen LogP contribution in [0.2, 0.25) is 0 Å². The van der Waals surface area contributed by atoms with Gasteiger partial charge in [-0.3, -0.25) is 4.79 Å². The van der Waals surface area contributed by atoms with Gasteiger partial charge in [0.25, 0.3) is 5.91 Å². The van der Waals surface area contributed by atoms with Gasteiger partial charge in [-0.1, -0.05) is 21.9 Å². The van der Waals surface area contributed by atoms with Gasteiger partial charge in [0.15, 0.2) is 0 Å². The van der Waals surface area contributed by atoms with Crippen molar-refractivity contribution in [3.8, 4) is 17.6 Å². The van der Waals surface area contributed by atoms with Gasteiger partial charge in [0.2, 0.25) is 0 Å². The first kappa shape index (κ1) is 10.6. The summed E-state index contributed by atoms with van der Waals surface area (Å²) in [6.07, 6.45) is 0. The third-order valence-electron chi connectivity index (χ3n) is 1.48. The molecule has 1 aromatic rings. The van der Waals surface area contributed by atoms with E-state index in [1.165, 1.54) is 7.11 Å². The number of rotatable bonds is 1. The second kappa shape index (κ2) is 4.68. The maximum Gasteiger partial charge on any atom is 0.293 e. The number of nitrogens with two attached hydrogens (primary N) is 1. The van der Waals surface area contributed by atoms with Crippen LogP contribution in [0.3, 0.4) is 0 Å². The number of amides is 1. The number of carbonyl (C=O) groups excluding carboxylic acids is 1. The van der Waals surface area contributed by atoms with Crippen LogP contribution >= 0.6 is 15.9 Å². The fourth-order valence-electron chi connectivity index (χ4n) is 0.897. The largest absolute Gasteiger partial charge is 0.495 e. The Bertz CT molecular complexity index is 418. The fraction of sp³-hybridized carbons (Fsp3) is 0.100. The van der Waals surface area contributed by atoms with Gasteiger partial charge in [0.05, 0.1) is 12.7 Å². The van der Waals surface area contributed by atoms with Gasteiger partial charge in [0.1, 0.15) is 5.75 Å². The second-order valence-electron chi connectivity index (χ2n) is 2.46. The summed E-state index contributed by atoms with van der Waals surface area (Å²) in [6.45, 7) is 0. The summed E-state index contributed by atoms with van der Waals surface area (Å²) in [4.78, 5) is 10.4. The Hall–Kier alpha value is -1.47.